The summed E-state index contributed by atoms with van der Waals surface area (Å²) < 4.78 is 0. The number of allylic oxidation sites excluding steroid dienone is 1. The molecule has 1 saturated carbocycles. The van der Waals surface area contributed by atoms with E-state index in [1.165, 1.54) is 22.3 Å². The van der Waals surface area contributed by atoms with E-state index in [1.54, 1.807) is 0 Å². The number of aliphatic hydroxyl groups is 1. The number of hydrogen-bond acceptors (Lipinski definition) is 4. The Balaban J connectivity index is 1.68. The molecular formula is C24H26N2O2. The van der Waals surface area contributed by atoms with Gasteiger partial charge in [-0.2, -0.15) is 0 Å². The normalized spacial score (nSPS) is 34.1. The zero-order chi connectivity index (χ0) is 19.3. The molecule has 2 bridgehead atoms. The number of fused-ring (bicyclic) bond motifs is 2. The Hall–Kier alpha value is -2.43. The minimum atomic E-state index is -1.01. The SMILES string of the molecule is CC1(O)/C(=N/OCCN)C2C(c3ccccc3)=CC1C1Cc3ccccc3C21. The Morgan fingerprint density at radius 3 is 2.68 bits per heavy atom. The third kappa shape index (κ3) is 2.48. The summed E-state index contributed by atoms with van der Waals surface area (Å²) in [5, 5.41) is 16.0. The van der Waals surface area contributed by atoms with Gasteiger partial charge in [-0.15, -0.1) is 0 Å². The number of nitrogens with two attached hydrogens (primary N) is 1. The molecule has 0 amide bonds. The van der Waals surface area contributed by atoms with Gasteiger partial charge in [0.15, 0.2) is 0 Å². The van der Waals surface area contributed by atoms with Crippen LogP contribution in [0, 0.1) is 17.8 Å². The molecule has 144 valence electrons. The lowest BCUT2D eigenvalue weighted by Crippen LogP contribution is -2.58. The minimum absolute atomic E-state index is 0.00494. The van der Waals surface area contributed by atoms with E-state index in [1.807, 2.05) is 13.0 Å². The molecule has 2 aromatic carbocycles. The number of nitrogens with zero attached hydrogens (tertiary/aromatic N) is 1. The van der Waals surface area contributed by atoms with Gasteiger partial charge in [-0.05, 0) is 41.5 Å². The van der Waals surface area contributed by atoms with Crippen LogP contribution in [0.1, 0.15) is 29.5 Å². The average Bonchev–Trinajstić information content (AvgIpc) is 3.10. The van der Waals surface area contributed by atoms with Gasteiger partial charge in [-0.25, -0.2) is 0 Å². The molecule has 5 atom stereocenters. The average molecular weight is 374 g/mol. The fourth-order valence-electron chi connectivity index (χ4n) is 5.65. The van der Waals surface area contributed by atoms with Gasteiger partial charge in [-0.1, -0.05) is 65.8 Å². The quantitative estimate of drug-likeness (QED) is 0.637. The van der Waals surface area contributed by atoms with Crippen LogP contribution in [0.2, 0.25) is 0 Å². The second-order valence-electron chi connectivity index (χ2n) is 8.33. The standard InChI is InChI=1S/C24H26N2O2/c1-24(27)20-14-18(15-7-3-2-4-8-15)22(23(24)26-28-12-11-25)21-17-10-6-5-9-16(17)13-19(20)21/h2-10,14,19-22,27H,11-13,25H2,1H3/b26-23+. The van der Waals surface area contributed by atoms with Crippen molar-refractivity contribution < 1.29 is 9.94 Å². The molecular weight excluding hydrogens is 348 g/mol. The highest BCUT2D eigenvalue weighted by molar-refractivity contribution is 6.06. The lowest BCUT2D eigenvalue weighted by molar-refractivity contribution is 0.0188. The van der Waals surface area contributed by atoms with Crippen molar-refractivity contribution in [3.63, 3.8) is 0 Å². The van der Waals surface area contributed by atoms with Gasteiger partial charge in [-0.3, -0.25) is 0 Å². The largest absolute Gasteiger partial charge is 0.394 e. The molecule has 4 heteroatoms. The van der Waals surface area contributed by atoms with Crippen LogP contribution in [0.15, 0.2) is 65.8 Å². The van der Waals surface area contributed by atoms with Gasteiger partial charge in [0, 0.05) is 24.3 Å². The van der Waals surface area contributed by atoms with Crippen LogP contribution in [0.25, 0.3) is 5.57 Å². The molecule has 4 nitrogen and oxygen atoms in total. The summed E-state index contributed by atoms with van der Waals surface area (Å²) >= 11 is 0. The van der Waals surface area contributed by atoms with Crippen molar-refractivity contribution in [1.82, 2.24) is 0 Å². The molecule has 0 spiro atoms. The molecule has 28 heavy (non-hydrogen) atoms. The Morgan fingerprint density at radius 1 is 1.14 bits per heavy atom. The predicted octanol–water partition coefficient (Wildman–Crippen LogP) is 3.37. The van der Waals surface area contributed by atoms with Crippen molar-refractivity contribution in [2.24, 2.45) is 28.6 Å². The first-order valence-corrected chi connectivity index (χ1v) is 10.1. The molecule has 2 aromatic rings. The van der Waals surface area contributed by atoms with E-state index >= 15 is 0 Å². The van der Waals surface area contributed by atoms with E-state index in [2.05, 4.69) is 59.8 Å². The van der Waals surface area contributed by atoms with Gasteiger partial charge >= 0.3 is 0 Å². The second-order valence-corrected chi connectivity index (χ2v) is 8.33. The molecule has 3 N–H and O–H groups in total. The highest BCUT2D eigenvalue weighted by atomic mass is 16.6. The van der Waals surface area contributed by atoms with Crippen LogP contribution >= 0.6 is 0 Å². The van der Waals surface area contributed by atoms with Crippen LogP contribution < -0.4 is 5.73 Å². The van der Waals surface area contributed by atoms with E-state index in [-0.39, 0.29) is 11.8 Å². The monoisotopic (exact) mass is 374 g/mol. The fraction of sp³-hybridized carbons (Fsp3) is 0.375. The maximum absolute atomic E-state index is 11.5. The molecule has 0 saturated heterocycles. The van der Waals surface area contributed by atoms with E-state index in [0.717, 1.165) is 12.1 Å². The van der Waals surface area contributed by atoms with Crippen molar-refractivity contribution in [3.05, 3.63) is 77.4 Å². The van der Waals surface area contributed by atoms with Crippen LogP contribution in [0.4, 0.5) is 0 Å². The lowest BCUT2D eigenvalue weighted by Gasteiger charge is -2.53. The molecule has 6 rings (SSSR count). The Morgan fingerprint density at radius 2 is 1.89 bits per heavy atom. The first kappa shape index (κ1) is 17.7. The summed E-state index contributed by atoms with van der Waals surface area (Å²) in [7, 11) is 0. The van der Waals surface area contributed by atoms with Crippen molar-refractivity contribution in [1.29, 1.82) is 0 Å². The molecule has 4 aliphatic carbocycles. The maximum atomic E-state index is 11.5. The molecule has 0 heterocycles. The van der Waals surface area contributed by atoms with Gasteiger partial charge in [0.1, 0.15) is 12.2 Å². The summed E-state index contributed by atoms with van der Waals surface area (Å²) in [5.41, 5.74) is 10.6. The summed E-state index contributed by atoms with van der Waals surface area (Å²) in [4.78, 5) is 5.51. The molecule has 0 aliphatic heterocycles. The summed E-state index contributed by atoms with van der Waals surface area (Å²) in [6.45, 7) is 2.65. The van der Waals surface area contributed by atoms with Crippen LogP contribution in [0.5, 0.6) is 0 Å². The molecule has 1 fully saturated rings. The Labute approximate surface area is 165 Å². The van der Waals surface area contributed by atoms with E-state index < -0.39 is 5.60 Å². The van der Waals surface area contributed by atoms with Gasteiger partial charge < -0.3 is 15.7 Å². The Bertz CT molecular complexity index is 948. The Kier molecular flexibility index (Phi) is 4.14. The van der Waals surface area contributed by atoms with Crippen molar-refractivity contribution >= 4 is 11.3 Å². The van der Waals surface area contributed by atoms with E-state index in [0.29, 0.717) is 25.0 Å². The number of oxime groups is 1. The topological polar surface area (TPSA) is 67.8 Å². The third-order valence-electron chi connectivity index (χ3n) is 6.79. The molecule has 5 unspecified atom stereocenters. The highest BCUT2D eigenvalue weighted by Crippen LogP contribution is 2.61. The zero-order valence-corrected chi connectivity index (χ0v) is 16.1. The summed E-state index contributed by atoms with van der Waals surface area (Å²) in [5.74, 6) is 0.722. The predicted molar refractivity (Wildman–Crippen MR) is 111 cm³/mol. The van der Waals surface area contributed by atoms with Crippen LogP contribution in [-0.2, 0) is 11.3 Å². The molecule has 0 radical (unpaired) electrons. The lowest BCUT2D eigenvalue weighted by atomic mass is 9.52. The van der Waals surface area contributed by atoms with E-state index in [9.17, 15) is 5.11 Å². The highest BCUT2D eigenvalue weighted by Gasteiger charge is 2.60. The maximum Gasteiger partial charge on any atom is 0.129 e. The fourth-order valence-corrected chi connectivity index (χ4v) is 5.65. The van der Waals surface area contributed by atoms with Crippen LogP contribution in [0.3, 0.4) is 0 Å². The summed E-state index contributed by atoms with van der Waals surface area (Å²) in [6.07, 6.45) is 3.31. The summed E-state index contributed by atoms with van der Waals surface area (Å²) in [6, 6.07) is 19.2. The first-order valence-electron chi connectivity index (χ1n) is 10.1. The van der Waals surface area contributed by atoms with Gasteiger partial charge in [0.25, 0.3) is 0 Å². The smallest absolute Gasteiger partial charge is 0.129 e. The van der Waals surface area contributed by atoms with Crippen LogP contribution in [-0.4, -0.2) is 29.6 Å². The first-order chi connectivity index (χ1) is 13.6. The molecule has 0 aromatic heterocycles. The van der Waals surface area contributed by atoms with Gasteiger partial charge in [0.05, 0.1) is 5.71 Å². The van der Waals surface area contributed by atoms with E-state index in [4.69, 9.17) is 10.6 Å². The van der Waals surface area contributed by atoms with Crippen molar-refractivity contribution in [2.45, 2.75) is 24.9 Å². The third-order valence-corrected chi connectivity index (χ3v) is 6.79. The number of benzene rings is 2. The van der Waals surface area contributed by atoms with Crippen molar-refractivity contribution in [2.75, 3.05) is 13.2 Å². The van der Waals surface area contributed by atoms with Gasteiger partial charge in [0.2, 0.25) is 0 Å². The molecule has 4 aliphatic rings. The minimum Gasteiger partial charge on any atom is -0.394 e. The van der Waals surface area contributed by atoms with Crippen molar-refractivity contribution in [3.8, 4) is 0 Å². The zero-order valence-electron chi connectivity index (χ0n) is 16.1. The number of hydrogen-bond donors (Lipinski definition) is 2. The second kappa shape index (κ2) is 6.57. The number of rotatable bonds is 4.